The summed E-state index contributed by atoms with van der Waals surface area (Å²) >= 11 is 1.57. The smallest absolute Gasteiger partial charge is 0.223 e. The molecule has 0 aliphatic rings. The number of aromatic nitrogens is 1. The largest absolute Gasteiger partial charge is 0.269 e. The summed E-state index contributed by atoms with van der Waals surface area (Å²) < 4.78 is 28.2. The van der Waals surface area contributed by atoms with Gasteiger partial charge in [0.15, 0.2) is 0 Å². The van der Waals surface area contributed by atoms with Crippen LogP contribution in [0.25, 0.3) is 10.9 Å². The predicted molar refractivity (Wildman–Crippen MR) is 121 cm³/mol. The van der Waals surface area contributed by atoms with Gasteiger partial charge in [-0.05, 0) is 55.3 Å². The van der Waals surface area contributed by atoms with E-state index in [1.54, 1.807) is 42.1 Å². The van der Waals surface area contributed by atoms with Crippen LogP contribution in [0.1, 0.15) is 22.4 Å². The molecule has 4 rings (SSSR count). The second-order valence-electron chi connectivity index (χ2n) is 7.20. The molecule has 3 aromatic carbocycles. The summed E-state index contributed by atoms with van der Waals surface area (Å²) in [5.41, 5.74) is 3.81. The van der Waals surface area contributed by atoms with Crippen molar-refractivity contribution >= 4 is 32.7 Å². The Morgan fingerprint density at radius 2 is 1.63 bits per heavy atom. The molecular weight excluding hydrogens is 412 g/mol. The van der Waals surface area contributed by atoms with Gasteiger partial charge in [-0.3, -0.25) is 0 Å². The summed E-state index contributed by atoms with van der Waals surface area (Å²) in [5.74, 6) is 0.705. The Kier molecular flexibility index (Phi) is 5.42. The van der Waals surface area contributed by atoms with Crippen LogP contribution in [0.15, 0.2) is 82.6 Å². The van der Waals surface area contributed by atoms with Crippen LogP contribution in [-0.4, -0.2) is 12.4 Å². The van der Waals surface area contributed by atoms with Gasteiger partial charge in [0.2, 0.25) is 0 Å². The van der Waals surface area contributed by atoms with Gasteiger partial charge in [-0.1, -0.05) is 48.0 Å². The van der Waals surface area contributed by atoms with Crippen LogP contribution in [0, 0.1) is 25.2 Å². The molecule has 0 aliphatic carbocycles. The highest BCUT2D eigenvalue weighted by atomic mass is 32.2. The summed E-state index contributed by atoms with van der Waals surface area (Å²) in [5, 5.41) is 10.4. The zero-order valence-corrected chi connectivity index (χ0v) is 18.3. The standard InChI is InChI=1S/C24H20N2O2S2/c1-17-8-10-22(11-9-17)30(27,28)26-21(15-25)14-20-12-18(2)13-23(24(20)26)29-16-19-6-4-3-5-7-19/h3-14H,16H2,1-2H3. The van der Waals surface area contributed by atoms with Crippen LogP contribution in [0.2, 0.25) is 0 Å². The van der Waals surface area contributed by atoms with Crippen molar-refractivity contribution in [2.45, 2.75) is 29.4 Å². The lowest BCUT2D eigenvalue weighted by molar-refractivity contribution is 0.588. The first-order chi connectivity index (χ1) is 14.4. The van der Waals surface area contributed by atoms with Crippen molar-refractivity contribution in [3.63, 3.8) is 0 Å². The number of fused-ring (bicyclic) bond motifs is 1. The van der Waals surface area contributed by atoms with Crippen LogP contribution < -0.4 is 0 Å². The van der Waals surface area contributed by atoms with E-state index in [-0.39, 0.29) is 10.6 Å². The quantitative estimate of drug-likeness (QED) is 0.382. The third-order valence-electron chi connectivity index (χ3n) is 4.87. The average molecular weight is 433 g/mol. The van der Waals surface area contributed by atoms with Crippen molar-refractivity contribution < 1.29 is 8.42 Å². The molecule has 4 aromatic rings. The van der Waals surface area contributed by atoms with Crippen molar-refractivity contribution in [1.82, 2.24) is 3.97 Å². The third-order valence-corrected chi connectivity index (χ3v) is 7.70. The molecule has 0 radical (unpaired) electrons. The first kappa shape index (κ1) is 20.3. The van der Waals surface area contributed by atoms with Crippen LogP contribution in [0.4, 0.5) is 0 Å². The van der Waals surface area contributed by atoms with E-state index in [1.807, 2.05) is 56.3 Å². The van der Waals surface area contributed by atoms with Crippen molar-refractivity contribution in [2.75, 3.05) is 0 Å². The second-order valence-corrected chi connectivity index (χ2v) is 10.0. The van der Waals surface area contributed by atoms with Crippen molar-refractivity contribution in [1.29, 1.82) is 5.26 Å². The highest BCUT2D eigenvalue weighted by molar-refractivity contribution is 7.98. The number of thioether (sulfide) groups is 1. The summed E-state index contributed by atoms with van der Waals surface area (Å²) in [7, 11) is -3.92. The predicted octanol–water partition coefficient (Wildman–Crippen LogP) is 5.66. The number of benzene rings is 3. The fraction of sp³-hybridized carbons (Fsp3) is 0.125. The minimum atomic E-state index is -3.92. The van der Waals surface area contributed by atoms with Gasteiger partial charge >= 0.3 is 0 Å². The molecule has 0 saturated heterocycles. The second kappa shape index (κ2) is 8.02. The van der Waals surface area contributed by atoms with Crippen molar-refractivity contribution in [3.8, 4) is 6.07 Å². The van der Waals surface area contributed by atoms with E-state index in [9.17, 15) is 13.7 Å². The van der Waals surface area contributed by atoms with E-state index in [2.05, 4.69) is 6.07 Å². The number of nitrogens with zero attached hydrogens (tertiary/aromatic N) is 2. The van der Waals surface area contributed by atoms with Gasteiger partial charge in [0.25, 0.3) is 10.0 Å². The molecular formula is C24H20N2O2S2. The molecule has 1 aromatic heterocycles. The molecule has 4 nitrogen and oxygen atoms in total. The molecule has 0 aliphatic heterocycles. The lowest BCUT2D eigenvalue weighted by Gasteiger charge is -2.13. The van der Waals surface area contributed by atoms with Gasteiger partial charge in [-0.25, -0.2) is 12.4 Å². The first-order valence-electron chi connectivity index (χ1n) is 9.45. The summed E-state index contributed by atoms with van der Waals surface area (Å²) in [4.78, 5) is 1.01. The van der Waals surface area contributed by atoms with E-state index in [4.69, 9.17) is 0 Å². The van der Waals surface area contributed by atoms with E-state index in [0.29, 0.717) is 11.3 Å². The zero-order chi connectivity index (χ0) is 21.3. The fourth-order valence-electron chi connectivity index (χ4n) is 3.41. The minimum absolute atomic E-state index is 0.109. The van der Waals surface area contributed by atoms with Crippen LogP contribution in [0.3, 0.4) is 0 Å². The van der Waals surface area contributed by atoms with Gasteiger partial charge in [0, 0.05) is 16.0 Å². The Labute approximate surface area is 180 Å². The van der Waals surface area contributed by atoms with E-state index in [0.717, 1.165) is 27.0 Å². The molecule has 150 valence electrons. The van der Waals surface area contributed by atoms with Crippen LogP contribution in [0.5, 0.6) is 0 Å². The van der Waals surface area contributed by atoms with E-state index < -0.39 is 10.0 Å². The van der Waals surface area contributed by atoms with Gasteiger partial charge < -0.3 is 0 Å². The van der Waals surface area contributed by atoms with Gasteiger partial charge in [-0.2, -0.15) is 5.26 Å². The fourth-order valence-corrected chi connectivity index (χ4v) is 6.09. The SMILES string of the molecule is Cc1ccc(S(=O)(=O)n2c(C#N)cc3cc(C)cc(SCc4ccccc4)c32)cc1. The van der Waals surface area contributed by atoms with Gasteiger partial charge in [0.05, 0.1) is 10.4 Å². The Morgan fingerprint density at radius 3 is 2.30 bits per heavy atom. The number of nitriles is 1. The van der Waals surface area contributed by atoms with Crippen LogP contribution >= 0.6 is 11.8 Å². The molecule has 0 spiro atoms. The maximum Gasteiger partial charge on any atom is 0.269 e. The molecule has 1 heterocycles. The topological polar surface area (TPSA) is 62.9 Å². The Hall–Kier alpha value is -3.01. The van der Waals surface area contributed by atoms with Gasteiger partial charge in [0.1, 0.15) is 11.8 Å². The number of rotatable bonds is 5. The molecule has 0 N–H and O–H groups in total. The Bertz CT molecular complexity index is 1360. The Balaban J connectivity index is 1.90. The normalized spacial score (nSPS) is 11.5. The lowest BCUT2D eigenvalue weighted by atomic mass is 10.2. The molecule has 0 unspecified atom stereocenters. The molecule has 0 saturated carbocycles. The molecule has 0 amide bonds. The van der Waals surface area contributed by atoms with Crippen molar-refractivity contribution in [3.05, 3.63) is 95.2 Å². The zero-order valence-electron chi connectivity index (χ0n) is 16.7. The molecule has 6 heteroatoms. The first-order valence-corrected chi connectivity index (χ1v) is 11.9. The number of hydrogen-bond donors (Lipinski definition) is 0. The number of aryl methyl sites for hydroxylation is 2. The van der Waals surface area contributed by atoms with E-state index in [1.165, 1.54) is 3.97 Å². The third kappa shape index (κ3) is 3.74. The van der Waals surface area contributed by atoms with Crippen molar-refractivity contribution in [2.24, 2.45) is 0 Å². The molecule has 0 fully saturated rings. The number of hydrogen-bond acceptors (Lipinski definition) is 4. The monoisotopic (exact) mass is 432 g/mol. The summed E-state index contributed by atoms with van der Waals surface area (Å²) in [6.07, 6.45) is 0. The minimum Gasteiger partial charge on any atom is -0.223 e. The highest BCUT2D eigenvalue weighted by Gasteiger charge is 2.25. The van der Waals surface area contributed by atoms with E-state index >= 15 is 0 Å². The molecule has 0 atom stereocenters. The summed E-state index contributed by atoms with van der Waals surface area (Å²) in [6.45, 7) is 3.88. The highest BCUT2D eigenvalue weighted by Crippen LogP contribution is 2.36. The summed E-state index contributed by atoms with van der Waals surface area (Å²) in [6, 6.07) is 24.4. The Morgan fingerprint density at radius 1 is 0.933 bits per heavy atom. The maximum absolute atomic E-state index is 13.5. The maximum atomic E-state index is 13.5. The molecule has 0 bridgehead atoms. The van der Waals surface area contributed by atoms with Gasteiger partial charge in [-0.15, -0.1) is 11.8 Å². The lowest BCUT2D eigenvalue weighted by Crippen LogP contribution is -2.15. The molecule has 30 heavy (non-hydrogen) atoms. The average Bonchev–Trinajstić information content (AvgIpc) is 3.12. The van der Waals surface area contributed by atoms with Crippen LogP contribution in [-0.2, 0) is 15.8 Å².